The Balaban J connectivity index is 1.36. The van der Waals surface area contributed by atoms with Gasteiger partial charge in [0.2, 0.25) is 0 Å². The zero-order valence-corrected chi connectivity index (χ0v) is 15.6. The topological polar surface area (TPSA) is 81.1 Å². The van der Waals surface area contributed by atoms with Crippen molar-refractivity contribution in [3.8, 4) is 5.75 Å². The van der Waals surface area contributed by atoms with E-state index in [2.05, 4.69) is 20.9 Å². The number of hydrogen-bond acceptors (Lipinski definition) is 5. The van der Waals surface area contributed by atoms with Gasteiger partial charge in [-0.25, -0.2) is 4.68 Å². The normalized spacial score (nSPS) is 18.5. The van der Waals surface area contributed by atoms with Crippen LogP contribution in [0.2, 0.25) is 0 Å². The Labute approximate surface area is 159 Å². The molecule has 0 atom stereocenters. The van der Waals surface area contributed by atoms with Gasteiger partial charge in [0.25, 0.3) is 5.91 Å². The van der Waals surface area contributed by atoms with E-state index in [1.54, 1.807) is 6.20 Å². The summed E-state index contributed by atoms with van der Waals surface area (Å²) in [4.78, 5) is 12.5. The lowest BCUT2D eigenvalue weighted by Crippen LogP contribution is -2.29. The van der Waals surface area contributed by atoms with E-state index >= 15 is 0 Å². The number of para-hydroxylation sites is 1. The van der Waals surface area contributed by atoms with Crippen molar-refractivity contribution in [1.29, 1.82) is 0 Å². The second kappa shape index (κ2) is 8.52. The van der Waals surface area contributed by atoms with Crippen molar-refractivity contribution in [3.63, 3.8) is 0 Å². The number of hydrogen-bond donors (Lipinski definition) is 2. The average Bonchev–Trinajstić information content (AvgIpc) is 3.40. The summed E-state index contributed by atoms with van der Waals surface area (Å²) in [5.41, 5.74) is 1.35. The SMILES string of the molecule is O=C(NCc1ccccc1OC1CCCC1)c1cn(C2CCNCC2)nn1. The molecule has 7 nitrogen and oxygen atoms in total. The lowest BCUT2D eigenvalue weighted by molar-refractivity contribution is 0.0945. The van der Waals surface area contributed by atoms with Crippen molar-refractivity contribution in [1.82, 2.24) is 25.6 Å². The summed E-state index contributed by atoms with van der Waals surface area (Å²) in [5.74, 6) is 0.661. The fraction of sp³-hybridized carbons (Fsp3) is 0.550. The molecular formula is C20H27N5O2. The summed E-state index contributed by atoms with van der Waals surface area (Å²) in [5, 5.41) is 14.5. The monoisotopic (exact) mass is 369 g/mol. The highest BCUT2D eigenvalue weighted by molar-refractivity contribution is 5.91. The lowest BCUT2D eigenvalue weighted by Gasteiger charge is -2.22. The first-order chi connectivity index (χ1) is 13.3. The zero-order chi connectivity index (χ0) is 18.5. The van der Waals surface area contributed by atoms with Gasteiger partial charge in [0, 0.05) is 12.1 Å². The molecule has 2 heterocycles. The minimum absolute atomic E-state index is 0.203. The largest absolute Gasteiger partial charge is 0.490 e. The first-order valence-electron chi connectivity index (χ1n) is 9.95. The fourth-order valence-corrected chi connectivity index (χ4v) is 3.85. The molecule has 7 heteroatoms. The Morgan fingerprint density at radius 2 is 1.96 bits per heavy atom. The number of carbonyl (C=O) groups excluding carboxylic acids is 1. The second-order valence-corrected chi connectivity index (χ2v) is 7.38. The molecule has 1 aromatic heterocycles. The third-order valence-corrected chi connectivity index (χ3v) is 5.43. The number of nitrogens with zero attached hydrogens (tertiary/aromatic N) is 3. The highest BCUT2D eigenvalue weighted by atomic mass is 16.5. The van der Waals surface area contributed by atoms with Crippen LogP contribution in [0.15, 0.2) is 30.5 Å². The molecule has 1 aliphatic heterocycles. The zero-order valence-electron chi connectivity index (χ0n) is 15.6. The van der Waals surface area contributed by atoms with Crippen LogP contribution in [0.3, 0.4) is 0 Å². The van der Waals surface area contributed by atoms with Crippen molar-refractivity contribution in [2.75, 3.05) is 13.1 Å². The highest BCUT2D eigenvalue weighted by Gasteiger charge is 2.20. The molecule has 1 aromatic carbocycles. The Hall–Kier alpha value is -2.41. The summed E-state index contributed by atoms with van der Waals surface area (Å²) in [6.45, 7) is 2.37. The van der Waals surface area contributed by atoms with Crippen molar-refractivity contribution in [2.24, 2.45) is 0 Å². The van der Waals surface area contributed by atoms with Gasteiger partial charge in [0.05, 0.1) is 18.3 Å². The number of ether oxygens (including phenoxy) is 1. The van der Waals surface area contributed by atoms with Gasteiger partial charge < -0.3 is 15.4 Å². The summed E-state index contributed by atoms with van der Waals surface area (Å²) in [7, 11) is 0. The molecule has 1 amide bonds. The molecule has 0 radical (unpaired) electrons. The van der Waals surface area contributed by atoms with E-state index in [4.69, 9.17) is 4.74 Å². The van der Waals surface area contributed by atoms with Gasteiger partial charge in [-0.1, -0.05) is 23.4 Å². The van der Waals surface area contributed by atoms with Crippen LogP contribution in [0, 0.1) is 0 Å². The number of benzene rings is 1. The van der Waals surface area contributed by atoms with Crippen LogP contribution in [0.1, 0.15) is 60.6 Å². The minimum atomic E-state index is -0.203. The molecule has 1 aliphatic carbocycles. The van der Waals surface area contributed by atoms with Crippen LogP contribution in [0.5, 0.6) is 5.75 Å². The number of piperidine rings is 1. The maximum Gasteiger partial charge on any atom is 0.273 e. The van der Waals surface area contributed by atoms with Crippen LogP contribution in [0.25, 0.3) is 0 Å². The Morgan fingerprint density at radius 1 is 1.19 bits per heavy atom. The summed E-state index contributed by atoms with van der Waals surface area (Å²) >= 11 is 0. The van der Waals surface area contributed by atoms with Crippen molar-refractivity contribution in [3.05, 3.63) is 41.7 Å². The van der Waals surface area contributed by atoms with Gasteiger partial charge in [-0.3, -0.25) is 4.79 Å². The Morgan fingerprint density at radius 3 is 2.78 bits per heavy atom. The number of carbonyl (C=O) groups is 1. The predicted molar refractivity (Wildman–Crippen MR) is 102 cm³/mol. The third-order valence-electron chi connectivity index (χ3n) is 5.43. The number of aromatic nitrogens is 3. The molecule has 0 spiro atoms. The lowest BCUT2D eigenvalue weighted by atomic mass is 10.1. The van der Waals surface area contributed by atoms with Gasteiger partial charge in [0.1, 0.15) is 5.75 Å². The van der Waals surface area contributed by atoms with Gasteiger partial charge in [-0.05, 0) is 57.7 Å². The molecule has 2 fully saturated rings. The van der Waals surface area contributed by atoms with E-state index in [1.807, 2.05) is 28.9 Å². The first kappa shape index (κ1) is 18.0. The molecule has 1 saturated carbocycles. The third kappa shape index (κ3) is 4.47. The number of nitrogens with one attached hydrogen (secondary N) is 2. The van der Waals surface area contributed by atoms with Crippen molar-refractivity contribution < 1.29 is 9.53 Å². The molecule has 0 unspecified atom stereocenters. The van der Waals surface area contributed by atoms with Gasteiger partial charge in [0.15, 0.2) is 5.69 Å². The summed E-state index contributed by atoms with van der Waals surface area (Å²) in [6, 6.07) is 8.24. The maximum absolute atomic E-state index is 12.5. The van der Waals surface area contributed by atoms with E-state index in [-0.39, 0.29) is 5.91 Å². The highest BCUT2D eigenvalue weighted by Crippen LogP contribution is 2.26. The first-order valence-corrected chi connectivity index (χ1v) is 9.95. The van der Waals surface area contributed by atoms with E-state index in [1.165, 1.54) is 12.8 Å². The van der Waals surface area contributed by atoms with E-state index in [0.29, 0.717) is 24.4 Å². The smallest absolute Gasteiger partial charge is 0.273 e. The molecule has 4 rings (SSSR count). The minimum Gasteiger partial charge on any atom is -0.490 e. The molecule has 1 saturated heterocycles. The van der Waals surface area contributed by atoms with Crippen LogP contribution >= 0.6 is 0 Å². The van der Waals surface area contributed by atoms with Gasteiger partial charge in [-0.15, -0.1) is 5.10 Å². The molecule has 27 heavy (non-hydrogen) atoms. The van der Waals surface area contributed by atoms with E-state index in [0.717, 1.165) is 50.1 Å². The molecule has 2 aliphatic rings. The number of amides is 1. The van der Waals surface area contributed by atoms with Crippen LogP contribution in [0.4, 0.5) is 0 Å². The molecule has 2 aromatic rings. The standard InChI is InChI=1S/C20H27N5O2/c26-20(18-14-25(24-23-18)16-9-11-21-12-10-16)22-13-15-5-1-4-8-19(15)27-17-6-2-3-7-17/h1,4-5,8,14,16-17,21H,2-3,6-7,9-13H2,(H,22,26). The average molecular weight is 369 g/mol. The molecule has 2 N–H and O–H groups in total. The van der Waals surface area contributed by atoms with E-state index < -0.39 is 0 Å². The van der Waals surface area contributed by atoms with E-state index in [9.17, 15) is 4.79 Å². The fourth-order valence-electron chi connectivity index (χ4n) is 3.85. The van der Waals surface area contributed by atoms with Crippen LogP contribution in [-0.4, -0.2) is 40.1 Å². The number of rotatable bonds is 6. The molecular weight excluding hydrogens is 342 g/mol. The Kier molecular flexibility index (Phi) is 5.67. The van der Waals surface area contributed by atoms with Crippen LogP contribution in [-0.2, 0) is 6.54 Å². The van der Waals surface area contributed by atoms with Crippen LogP contribution < -0.4 is 15.4 Å². The van der Waals surface area contributed by atoms with Gasteiger partial charge in [-0.2, -0.15) is 0 Å². The molecule has 144 valence electrons. The maximum atomic E-state index is 12.5. The van der Waals surface area contributed by atoms with Crippen molar-refractivity contribution >= 4 is 5.91 Å². The van der Waals surface area contributed by atoms with Gasteiger partial charge >= 0.3 is 0 Å². The quantitative estimate of drug-likeness (QED) is 0.817. The van der Waals surface area contributed by atoms with Crippen molar-refractivity contribution in [2.45, 2.75) is 57.2 Å². The Bertz CT molecular complexity index is 763. The summed E-state index contributed by atoms with van der Waals surface area (Å²) in [6.07, 6.45) is 8.76. The second-order valence-electron chi connectivity index (χ2n) is 7.38. The summed E-state index contributed by atoms with van der Waals surface area (Å²) < 4.78 is 7.96. The predicted octanol–water partition coefficient (Wildman–Crippen LogP) is 2.45. The molecule has 0 bridgehead atoms.